The van der Waals surface area contributed by atoms with Crippen LogP contribution in [0, 0.1) is 29.6 Å². The Bertz CT molecular complexity index is 177. The van der Waals surface area contributed by atoms with Crippen molar-refractivity contribution in [3.05, 3.63) is 0 Å². The average Bonchev–Trinajstić information content (AvgIpc) is 2.38. The maximum absolute atomic E-state index is 9.88. The zero-order chi connectivity index (χ0) is 7.59. The second-order valence-electron chi connectivity index (χ2n) is 4.83. The van der Waals surface area contributed by atoms with Crippen LogP contribution >= 0.6 is 0 Å². The molecule has 0 aromatic rings. The molecule has 1 unspecified atom stereocenters. The molecule has 0 amide bonds. The van der Waals surface area contributed by atoms with Gasteiger partial charge in [0.25, 0.3) is 0 Å². The third-order valence-corrected chi connectivity index (χ3v) is 4.66. The van der Waals surface area contributed by atoms with E-state index < -0.39 is 0 Å². The van der Waals surface area contributed by atoms with E-state index in [2.05, 4.69) is 6.92 Å². The van der Waals surface area contributed by atoms with Gasteiger partial charge in [-0.25, -0.2) is 0 Å². The molecule has 0 aliphatic heterocycles. The van der Waals surface area contributed by atoms with Crippen LogP contribution in [-0.4, -0.2) is 11.2 Å². The average molecular weight is 152 g/mol. The van der Waals surface area contributed by atoms with Crippen LogP contribution in [0.1, 0.15) is 26.2 Å². The lowest BCUT2D eigenvalue weighted by Crippen LogP contribution is -2.37. The Morgan fingerprint density at radius 1 is 1.18 bits per heavy atom. The molecular weight excluding hydrogens is 136 g/mol. The molecule has 0 aromatic heterocycles. The van der Waals surface area contributed by atoms with Crippen LogP contribution < -0.4 is 0 Å². The molecule has 11 heavy (non-hydrogen) atoms. The van der Waals surface area contributed by atoms with Gasteiger partial charge in [0.05, 0.1) is 6.10 Å². The molecule has 1 N–H and O–H groups in total. The Morgan fingerprint density at radius 2 is 2.00 bits per heavy atom. The molecule has 0 saturated heterocycles. The zero-order valence-electron chi connectivity index (χ0n) is 7.03. The molecule has 0 radical (unpaired) electrons. The van der Waals surface area contributed by atoms with Gasteiger partial charge in [0, 0.05) is 0 Å². The Kier molecular flexibility index (Phi) is 1.07. The van der Waals surface area contributed by atoms with Crippen LogP contribution in [0.4, 0.5) is 0 Å². The Morgan fingerprint density at radius 3 is 2.45 bits per heavy atom. The Balaban J connectivity index is 2.03. The summed E-state index contributed by atoms with van der Waals surface area (Å²) in [5.41, 5.74) is 0. The lowest BCUT2D eigenvalue weighted by atomic mass is 9.69. The number of rotatable bonds is 0. The summed E-state index contributed by atoms with van der Waals surface area (Å²) in [5.74, 6) is 4.02. The van der Waals surface area contributed by atoms with Gasteiger partial charge in [0.1, 0.15) is 0 Å². The van der Waals surface area contributed by atoms with Crippen LogP contribution in [0.25, 0.3) is 0 Å². The molecule has 4 fully saturated rings. The fourth-order valence-electron chi connectivity index (χ4n) is 4.23. The summed E-state index contributed by atoms with van der Waals surface area (Å²) < 4.78 is 0. The number of hydrogen-bond donors (Lipinski definition) is 1. The molecule has 6 atom stereocenters. The van der Waals surface area contributed by atoms with E-state index in [0.717, 1.165) is 17.8 Å². The minimum atomic E-state index is 0.0856. The standard InChI is InChI=1S/C10H16O/c1-5-8-4-6-2-3-7(8)10(11)9(5)6/h5-11H,2-4H2,1H3/t5?,6-,7+,8+,9+,10-/m1/s1. The molecule has 4 rings (SSSR count). The molecular formula is C10H16O. The Labute approximate surface area is 67.8 Å². The topological polar surface area (TPSA) is 20.2 Å². The van der Waals surface area contributed by atoms with Crippen LogP contribution in [-0.2, 0) is 0 Å². The van der Waals surface area contributed by atoms with Crippen molar-refractivity contribution in [2.45, 2.75) is 32.3 Å². The van der Waals surface area contributed by atoms with Crippen molar-refractivity contribution in [3.63, 3.8) is 0 Å². The highest BCUT2D eigenvalue weighted by Crippen LogP contribution is 2.62. The van der Waals surface area contributed by atoms with Crippen LogP contribution in [0.2, 0.25) is 0 Å². The van der Waals surface area contributed by atoms with E-state index in [1.165, 1.54) is 19.3 Å². The smallest absolute Gasteiger partial charge is 0.0604 e. The molecule has 0 aromatic carbocycles. The molecule has 4 aliphatic rings. The fraction of sp³-hybridized carbons (Fsp3) is 1.00. The largest absolute Gasteiger partial charge is 0.393 e. The number of aliphatic hydroxyl groups excluding tert-OH is 1. The van der Waals surface area contributed by atoms with Gasteiger partial charge in [-0.1, -0.05) is 6.92 Å². The zero-order valence-corrected chi connectivity index (χ0v) is 7.03. The first-order chi connectivity index (χ1) is 5.29. The summed E-state index contributed by atoms with van der Waals surface area (Å²) in [6.07, 6.45) is 4.25. The van der Waals surface area contributed by atoms with Gasteiger partial charge in [-0.15, -0.1) is 0 Å². The van der Waals surface area contributed by atoms with Crippen molar-refractivity contribution in [1.82, 2.24) is 0 Å². The van der Waals surface area contributed by atoms with Crippen molar-refractivity contribution in [2.24, 2.45) is 29.6 Å². The first-order valence-electron chi connectivity index (χ1n) is 4.97. The highest BCUT2D eigenvalue weighted by atomic mass is 16.3. The van der Waals surface area contributed by atoms with Crippen molar-refractivity contribution in [1.29, 1.82) is 0 Å². The van der Waals surface area contributed by atoms with E-state index in [4.69, 9.17) is 0 Å². The molecule has 4 saturated carbocycles. The van der Waals surface area contributed by atoms with E-state index in [1.807, 2.05) is 0 Å². The predicted molar refractivity (Wildman–Crippen MR) is 43.0 cm³/mol. The minimum Gasteiger partial charge on any atom is -0.393 e. The second kappa shape index (κ2) is 1.82. The quantitative estimate of drug-likeness (QED) is 0.559. The van der Waals surface area contributed by atoms with Crippen LogP contribution in [0.15, 0.2) is 0 Å². The molecule has 1 heteroatoms. The highest BCUT2D eigenvalue weighted by molar-refractivity contribution is 5.08. The predicted octanol–water partition coefficient (Wildman–Crippen LogP) is 1.66. The maximum Gasteiger partial charge on any atom is 0.0604 e. The monoisotopic (exact) mass is 152 g/mol. The normalized spacial score (nSPS) is 66.0. The molecule has 1 nitrogen and oxygen atoms in total. The number of hydrogen-bond acceptors (Lipinski definition) is 1. The van der Waals surface area contributed by atoms with Crippen LogP contribution in [0.3, 0.4) is 0 Å². The summed E-state index contributed by atoms with van der Waals surface area (Å²) in [7, 11) is 0. The van der Waals surface area contributed by atoms with Gasteiger partial charge < -0.3 is 5.11 Å². The van der Waals surface area contributed by atoms with Crippen molar-refractivity contribution < 1.29 is 5.11 Å². The van der Waals surface area contributed by atoms with E-state index in [0.29, 0.717) is 11.8 Å². The van der Waals surface area contributed by atoms with E-state index in [-0.39, 0.29) is 6.10 Å². The summed E-state index contributed by atoms with van der Waals surface area (Å²) in [6, 6.07) is 0. The molecule has 0 heterocycles. The number of fused-ring (bicyclic) bond motifs is 1. The van der Waals surface area contributed by atoms with E-state index >= 15 is 0 Å². The molecule has 4 aliphatic carbocycles. The molecule has 62 valence electrons. The minimum absolute atomic E-state index is 0.0856. The first kappa shape index (κ1) is 6.47. The van der Waals surface area contributed by atoms with Gasteiger partial charge in [0.2, 0.25) is 0 Å². The van der Waals surface area contributed by atoms with Gasteiger partial charge in [-0.05, 0) is 48.9 Å². The summed E-state index contributed by atoms with van der Waals surface area (Å²) in [4.78, 5) is 0. The second-order valence-corrected chi connectivity index (χ2v) is 4.83. The lowest BCUT2D eigenvalue weighted by molar-refractivity contribution is -0.0116. The van der Waals surface area contributed by atoms with E-state index in [1.54, 1.807) is 0 Å². The first-order valence-corrected chi connectivity index (χ1v) is 4.97. The van der Waals surface area contributed by atoms with Crippen molar-refractivity contribution in [3.8, 4) is 0 Å². The SMILES string of the molecule is CC1[C@H]2[C@@H]3CC[C@H]([C@H]2O)[C@H]1C3. The number of aliphatic hydroxyl groups is 1. The van der Waals surface area contributed by atoms with Crippen molar-refractivity contribution in [2.75, 3.05) is 0 Å². The van der Waals surface area contributed by atoms with Gasteiger partial charge in [0.15, 0.2) is 0 Å². The molecule has 0 spiro atoms. The molecule has 4 bridgehead atoms. The summed E-state index contributed by atoms with van der Waals surface area (Å²) in [5, 5.41) is 9.88. The summed E-state index contributed by atoms with van der Waals surface area (Å²) >= 11 is 0. The van der Waals surface area contributed by atoms with Gasteiger partial charge in [-0.2, -0.15) is 0 Å². The summed E-state index contributed by atoms with van der Waals surface area (Å²) in [6.45, 7) is 2.35. The van der Waals surface area contributed by atoms with Crippen molar-refractivity contribution >= 4 is 0 Å². The fourth-order valence-corrected chi connectivity index (χ4v) is 4.23. The Hall–Kier alpha value is -0.0400. The third-order valence-electron chi connectivity index (χ3n) is 4.66. The third kappa shape index (κ3) is 0.581. The van der Waals surface area contributed by atoms with Gasteiger partial charge in [-0.3, -0.25) is 0 Å². The van der Waals surface area contributed by atoms with E-state index in [9.17, 15) is 5.11 Å². The highest BCUT2D eigenvalue weighted by Gasteiger charge is 2.59. The maximum atomic E-state index is 9.88. The lowest BCUT2D eigenvalue weighted by Gasteiger charge is -2.39. The van der Waals surface area contributed by atoms with Crippen LogP contribution in [0.5, 0.6) is 0 Å². The van der Waals surface area contributed by atoms with Gasteiger partial charge >= 0.3 is 0 Å².